The number of allylic oxidation sites excluding steroid dienone is 2. The maximum absolute atomic E-state index is 12.2. The second-order valence-corrected chi connectivity index (χ2v) is 10.4. The van der Waals surface area contributed by atoms with Crippen molar-refractivity contribution in [3.63, 3.8) is 0 Å². The molecule has 0 aromatic heterocycles. The zero-order valence-electron chi connectivity index (χ0n) is 21.9. The summed E-state index contributed by atoms with van der Waals surface area (Å²) in [5, 5.41) is 0. The molecule has 7 rings (SSSR count). The average molecular weight is 515 g/mol. The van der Waals surface area contributed by atoms with Crippen molar-refractivity contribution in [1.29, 1.82) is 0 Å². The molecule has 2 heteroatoms. The summed E-state index contributed by atoms with van der Waals surface area (Å²) >= 11 is 0. The molecule has 0 fully saturated rings. The molecule has 40 heavy (non-hydrogen) atoms. The SMILES string of the molecule is O=Cc1ccccc1-c1cc(C2=Cc3ccccc3C2)c(-c2ccccc2C=O)cc1C1=Cc2ccccc2C1. The number of rotatable bonds is 6. The van der Waals surface area contributed by atoms with Crippen LogP contribution in [0.2, 0.25) is 0 Å². The van der Waals surface area contributed by atoms with Crippen molar-refractivity contribution in [2.24, 2.45) is 0 Å². The van der Waals surface area contributed by atoms with Crippen LogP contribution in [0.4, 0.5) is 0 Å². The van der Waals surface area contributed by atoms with Gasteiger partial charge in [-0.15, -0.1) is 0 Å². The molecule has 0 unspecified atom stereocenters. The topological polar surface area (TPSA) is 34.1 Å². The van der Waals surface area contributed by atoms with Gasteiger partial charge in [0, 0.05) is 11.1 Å². The summed E-state index contributed by atoms with van der Waals surface area (Å²) < 4.78 is 0. The van der Waals surface area contributed by atoms with E-state index in [4.69, 9.17) is 0 Å². The number of hydrogen-bond donors (Lipinski definition) is 0. The van der Waals surface area contributed by atoms with Crippen LogP contribution in [0.15, 0.2) is 109 Å². The smallest absolute Gasteiger partial charge is 0.150 e. The molecule has 0 radical (unpaired) electrons. The summed E-state index contributed by atoms with van der Waals surface area (Å²) in [6.07, 6.45) is 8.03. The summed E-state index contributed by atoms with van der Waals surface area (Å²) in [4.78, 5) is 24.4. The van der Waals surface area contributed by atoms with Gasteiger partial charge < -0.3 is 0 Å². The van der Waals surface area contributed by atoms with E-state index in [9.17, 15) is 9.59 Å². The molecule has 0 heterocycles. The van der Waals surface area contributed by atoms with Gasteiger partial charge in [0.2, 0.25) is 0 Å². The lowest BCUT2D eigenvalue weighted by Gasteiger charge is -2.20. The summed E-state index contributed by atoms with van der Waals surface area (Å²) in [5.41, 5.74) is 14.8. The van der Waals surface area contributed by atoms with Crippen LogP contribution >= 0.6 is 0 Å². The van der Waals surface area contributed by atoms with Crippen LogP contribution in [-0.4, -0.2) is 12.6 Å². The monoisotopic (exact) mass is 514 g/mol. The Morgan fingerprint density at radius 2 is 0.825 bits per heavy atom. The number of carbonyl (C=O) groups is 2. The highest BCUT2D eigenvalue weighted by Crippen LogP contribution is 2.45. The van der Waals surface area contributed by atoms with Gasteiger partial charge in [0.25, 0.3) is 0 Å². The maximum atomic E-state index is 12.2. The molecule has 2 aliphatic carbocycles. The van der Waals surface area contributed by atoms with Gasteiger partial charge in [-0.2, -0.15) is 0 Å². The standard InChI is InChI=1S/C38H26O2/c39-23-29-13-5-7-15-33(29)37-22-36(32-19-27-11-3-4-12-28(27)20-32)38(34-16-8-6-14-30(34)24-40)21-35(37)31-17-25-9-1-2-10-26(25)18-31/h1-17,19,21-24H,18,20H2. The average Bonchev–Trinajstić information content (AvgIpc) is 3.65. The van der Waals surface area contributed by atoms with Gasteiger partial charge in [0.05, 0.1) is 0 Å². The minimum Gasteiger partial charge on any atom is -0.298 e. The van der Waals surface area contributed by atoms with E-state index in [-0.39, 0.29) is 0 Å². The van der Waals surface area contributed by atoms with E-state index in [2.05, 4.69) is 72.8 Å². The molecular formula is C38H26O2. The number of aldehydes is 2. The molecule has 0 spiro atoms. The largest absolute Gasteiger partial charge is 0.298 e. The Balaban J connectivity index is 1.53. The van der Waals surface area contributed by atoms with Crippen LogP contribution in [0, 0.1) is 0 Å². The van der Waals surface area contributed by atoms with Crippen molar-refractivity contribution in [3.05, 3.63) is 154 Å². The first-order chi connectivity index (χ1) is 19.7. The van der Waals surface area contributed by atoms with Crippen molar-refractivity contribution in [3.8, 4) is 22.3 Å². The predicted octanol–water partition coefficient (Wildman–Crippen LogP) is 8.84. The van der Waals surface area contributed by atoms with Crippen molar-refractivity contribution < 1.29 is 9.59 Å². The zero-order valence-corrected chi connectivity index (χ0v) is 21.9. The van der Waals surface area contributed by atoms with Gasteiger partial charge >= 0.3 is 0 Å². The number of hydrogen-bond acceptors (Lipinski definition) is 2. The molecular weight excluding hydrogens is 488 g/mol. The first kappa shape index (κ1) is 24.0. The molecule has 0 aliphatic heterocycles. The van der Waals surface area contributed by atoms with Crippen molar-refractivity contribution in [1.82, 2.24) is 0 Å². The second-order valence-electron chi connectivity index (χ2n) is 10.4. The van der Waals surface area contributed by atoms with Crippen LogP contribution < -0.4 is 0 Å². The van der Waals surface area contributed by atoms with Gasteiger partial charge in [0.1, 0.15) is 0 Å². The quantitative estimate of drug-likeness (QED) is 0.212. The Hall–Kier alpha value is -5.08. The van der Waals surface area contributed by atoms with E-state index in [1.807, 2.05) is 48.5 Å². The van der Waals surface area contributed by atoms with Crippen molar-refractivity contribution >= 4 is 35.9 Å². The fourth-order valence-corrected chi connectivity index (χ4v) is 6.17. The molecule has 2 nitrogen and oxygen atoms in total. The summed E-state index contributed by atoms with van der Waals surface area (Å²) in [7, 11) is 0. The zero-order chi connectivity index (χ0) is 27.1. The highest BCUT2D eigenvalue weighted by atomic mass is 16.1. The molecule has 190 valence electrons. The Morgan fingerprint density at radius 3 is 1.25 bits per heavy atom. The van der Waals surface area contributed by atoms with Crippen molar-refractivity contribution in [2.75, 3.05) is 0 Å². The van der Waals surface area contributed by atoms with Crippen LogP contribution in [-0.2, 0) is 12.8 Å². The van der Waals surface area contributed by atoms with Gasteiger partial charge in [-0.05, 0) is 91.8 Å². The molecule has 0 saturated carbocycles. The van der Waals surface area contributed by atoms with E-state index in [1.165, 1.54) is 33.4 Å². The molecule has 2 aliphatic rings. The van der Waals surface area contributed by atoms with E-state index in [0.717, 1.165) is 58.8 Å². The van der Waals surface area contributed by atoms with Gasteiger partial charge in [0.15, 0.2) is 12.6 Å². The molecule has 0 N–H and O–H groups in total. The Morgan fingerprint density at radius 1 is 0.425 bits per heavy atom. The molecule has 0 bridgehead atoms. The third-order valence-corrected chi connectivity index (χ3v) is 8.14. The third kappa shape index (κ3) is 4.06. The number of benzene rings is 5. The second kappa shape index (κ2) is 9.91. The Kier molecular flexibility index (Phi) is 5.94. The number of fused-ring (bicyclic) bond motifs is 2. The van der Waals surface area contributed by atoms with Crippen LogP contribution in [0.1, 0.15) is 54.1 Å². The van der Waals surface area contributed by atoms with E-state index < -0.39 is 0 Å². The van der Waals surface area contributed by atoms with E-state index in [0.29, 0.717) is 11.1 Å². The molecule has 0 atom stereocenters. The van der Waals surface area contributed by atoms with E-state index in [1.54, 1.807) is 0 Å². The van der Waals surface area contributed by atoms with E-state index >= 15 is 0 Å². The van der Waals surface area contributed by atoms with Crippen molar-refractivity contribution in [2.45, 2.75) is 12.8 Å². The van der Waals surface area contributed by atoms with Gasteiger partial charge in [-0.1, -0.05) is 109 Å². The van der Waals surface area contributed by atoms with Gasteiger partial charge in [-0.25, -0.2) is 0 Å². The third-order valence-electron chi connectivity index (χ3n) is 8.14. The summed E-state index contributed by atoms with van der Waals surface area (Å²) in [6.45, 7) is 0. The Bertz CT molecular complexity index is 1750. The molecule has 5 aromatic rings. The lowest BCUT2D eigenvalue weighted by atomic mass is 9.83. The maximum Gasteiger partial charge on any atom is 0.150 e. The minimum atomic E-state index is 0.663. The fraction of sp³-hybridized carbons (Fsp3) is 0.0526. The summed E-state index contributed by atoms with van der Waals surface area (Å²) in [5.74, 6) is 0. The van der Waals surface area contributed by atoms with Crippen LogP contribution in [0.5, 0.6) is 0 Å². The molecule has 5 aromatic carbocycles. The number of carbonyl (C=O) groups excluding carboxylic acids is 2. The predicted molar refractivity (Wildman–Crippen MR) is 164 cm³/mol. The normalized spacial score (nSPS) is 13.3. The van der Waals surface area contributed by atoms with Crippen LogP contribution in [0.25, 0.3) is 45.6 Å². The fourth-order valence-electron chi connectivity index (χ4n) is 6.17. The highest BCUT2D eigenvalue weighted by molar-refractivity contribution is 6.03. The summed E-state index contributed by atoms with van der Waals surface area (Å²) in [6, 6.07) is 37.1. The highest BCUT2D eigenvalue weighted by Gasteiger charge is 2.24. The first-order valence-corrected chi connectivity index (χ1v) is 13.6. The first-order valence-electron chi connectivity index (χ1n) is 13.6. The lowest BCUT2D eigenvalue weighted by Crippen LogP contribution is -2.00. The Labute approximate surface area is 234 Å². The van der Waals surface area contributed by atoms with Crippen LogP contribution in [0.3, 0.4) is 0 Å². The minimum absolute atomic E-state index is 0.663. The molecule has 0 saturated heterocycles. The van der Waals surface area contributed by atoms with Gasteiger partial charge in [-0.3, -0.25) is 9.59 Å². The molecule has 0 amide bonds. The lowest BCUT2D eigenvalue weighted by molar-refractivity contribution is 0.111.